The van der Waals surface area contributed by atoms with E-state index in [0.717, 1.165) is 29.9 Å². The van der Waals surface area contributed by atoms with Crippen molar-refractivity contribution in [1.29, 1.82) is 0 Å². The van der Waals surface area contributed by atoms with E-state index in [0.29, 0.717) is 18.2 Å². The fraction of sp³-hybridized carbons (Fsp3) is 0.227. The summed E-state index contributed by atoms with van der Waals surface area (Å²) >= 11 is 0. The molecule has 4 rings (SSSR count). The Labute approximate surface area is 158 Å². The normalized spacial score (nSPS) is 14.4. The predicted octanol–water partition coefficient (Wildman–Crippen LogP) is 4.02. The average molecular weight is 358 g/mol. The molecule has 1 atom stereocenters. The highest BCUT2D eigenvalue weighted by Gasteiger charge is 2.27. The Bertz CT molecular complexity index is 894. The molecule has 1 aliphatic rings. The standard InChI is InChI=1S/C22H22N4O/c27-22(24-18-9-5-2-6-10-18)19(15-16-7-3-1-4-8-16)25-20-13-14-23-21(26-20)17-11-12-17/h1-10,13-14,17,19H,11-12,15H2,(H,24,27)(H,23,25,26)/t19-/m1/s1. The second kappa shape index (κ2) is 7.99. The first kappa shape index (κ1) is 17.2. The van der Waals surface area contributed by atoms with E-state index in [1.54, 1.807) is 6.20 Å². The lowest BCUT2D eigenvalue weighted by Gasteiger charge is -2.19. The van der Waals surface area contributed by atoms with Crippen LogP contribution in [0.4, 0.5) is 11.5 Å². The fourth-order valence-electron chi connectivity index (χ4n) is 2.98. The summed E-state index contributed by atoms with van der Waals surface area (Å²) in [6.45, 7) is 0. The first-order chi connectivity index (χ1) is 13.3. The molecule has 27 heavy (non-hydrogen) atoms. The maximum atomic E-state index is 12.9. The number of carbonyl (C=O) groups is 1. The third kappa shape index (κ3) is 4.70. The van der Waals surface area contributed by atoms with Crippen LogP contribution in [-0.4, -0.2) is 21.9 Å². The van der Waals surface area contributed by atoms with E-state index in [9.17, 15) is 4.79 Å². The quantitative estimate of drug-likeness (QED) is 0.669. The van der Waals surface area contributed by atoms with E-state index in [1.807, 2.05) is 66.7 Å². The van der Waals surface area contributed by atoms with Crippen LogP contribution in [0.2, 0.25) is 0 Å². The zero-order valence-corrected chi connectivity index (χ0v) is 15.0. The van der Waals surface area contributed by atoms with Crippen LogP contribution in [0, 0.1) is 0 Å². The van der Waals surface area contributed by atoms with Gasteiger partial charge in [0.1, 0.15) is 17.7 Å². The number of anilines is 2. The topological polar surface area (TPSA) is 66.9 Å². The van der Waals surface area contributed by atoms with Gasteiger partial charge >= 0.3 is 0 Å². The summed E-state index contributed by atoms with van der Waals surface area (Å²) in [7, 11) is 0. The Kier molecular flexibility index (Phi) is 5.10. The van der Waals surface area contributed by atoms with Crippen LogP contribution < -0.4 is 10.6 Å². The minimum absolute atomic E-state index is 0.0864. The van der Waals surface area contributed by atoms with Crippen LogP contribution in [0.1, 0.15) is 30.1 Å². The van der Waals surface area contributed by atoms with Crippen molar-refractivity contribution in [1.82, 2.24) is 9.97 Å². The zero-order valence-electron chi connectivity index (χ0n) is 15.0. The molecule has 2 aromatic carbocycles. The smallest absolute Gasteiger partial charge is 0.247 e. The molecule has 5 nitrogen and oxygen atoms in total. The summed E-state index contributed by atoms with van der Waals surface area (Å²) < 4.78 is 0. The molecular formula is C22H22N4O. The highest BCUT2D eigenvalue weighted by Crippen LogP contribution is 2.38. The second-order valence-corrected chi connectivity index (χ2v) is 6.82. The van der Waals surface area contributed by atoms with Gasteiger partial charge in [-0.25, -0.2) is 9.97 Å². The van der Waals surface area contributed by atoms with E-state index in [-0.39, 0.29) is 5.91 Å². The Morgan fingerprint density at radius 2 is 1.70 bits per heavy atom. The van der Waals surface area contributed by atoms with Crippen molar-refractivity contribution in [2.24, 2.45) is 0 Å². The lowest BCUT2D eigenvalue weighted by molar-refractivity contribution is -0.116. The number of benzene rings is 2. The fourth-order valence-corrected chi connectivity index (χ4v) is 2.98. The van der Waals surface area contributed by atoms with Crippen molar-refractivity contribution in [3.05, 3.63) is 84.3 Å². The third-order valence-electron chi connectivity index (χ3n) is 4.58. The number of carbonyl (C=O) groups excluding carboxylic acids is 1. The number of para-hydroxylation sites is 1. The van der Waals surface area contributed by atoms with Crippen LogP contribution >= 0.6 is 0 Å². The zero-order chi connectivity index (χ0) is 18.5. The van der Waals surface area contributed by atoms with Crippen molar-refractivity contribution >= 4 is 17.4 Å². The monoisotopic (exact) mass is 358 g/mol. The van der Waals surface area contributed by atoms with Gasteiger partial charge in [0.05, 0.1) is 0 Å². The molecule has 5 heteroatoms. The lowest BCUT2D eigenvalue weighted by atomic mass is 10.1. The second-order valence-electron chi connectivity index (χ2n) is 6.82. The van der Waals surface area contributed by atoms with Gasteiger partial charge in [-0.2, -0.15) is 0 Å². The van der Waals surface area contributed by atoms with E-state index in [2.05, 4.69) is 20.6 Å². The number of nitrogens with zero attached hydrogens (tertiary/aromatic N) is 2. The van der Waals surface area contributed by atoms with E-state index >= 15 is 0 Å². The largest absolute Gasteiger partial charge is 0.358 e. The Balaban J connectivity index is 1.53. The molecule has 1 fully saturated rings. The third-order valence-corrected chi connectivity index (χ3v) is 4.58. The van der Waals surface area contributed by atoms with Gasteiger partial charge in [-0.3, -0.25) is 4.79 Å². The summed E-state index contributed by atoms with van der Waals surface area (Å²) in [4.78, 5) is 21.9. The van der Waals surface area contributed by atoms with Gasteiger partial charge in [0.2, 0.25) is 5.91 Å². The molecule has 3 aromatic rings. The summed E-state index contributed by atoms with van der Waals surface area (Å²) in [5.74, 6) is 1.94. The predicted molar refractivity (Wildman–Crippen MR) is 107 cm³/mol. The molecule has 1 saturated carbocycles. The molecule has 0 saturated heterocycles. The number of aromatic nitrogens is 2. The number of amides is 1. The number of nitrogens with one attached hydrogen (secondary N) is 2. The van der Waals surface area contributed by atoms with Gasteiger partial charge in [-0.15, -0.1) is 0 Å². The van der Waals surface area contributed by atoms with Gasteiger partial charge in [0.25, 0.3) is 0 Å². The van der Waals surface area contributed by atoms with Crippen molar-refractivity contribution < 1.29 is 4.79 Å². The molecule has 0 unspecified atom stereocenters. The Hall–Kier alpha value is -3.21. The molecule has 0 aliphatic heterocycles. The Morgan fingerprint density at radius 3 is 2.41 bits per heavy atom. The molecule has 1 heterocycles. The number of hydrogen-bond donors (Lipinski definition) is 2. The number of rotatable bonds is 7. The summed E-state index contributed by atoms with van der Waals surface area (Å²) in [6.07, 6.45) is 4.62. The highest BCUT2D eigenvalue weighted by molar-refractivity contribution is 5.96. The van der Waals surface area contributed by atoms with Crippen LogP contribution in [0.25, 0.3) is 0 Å². The molecule has 136 valence electrons. The van der Waals surface area contributed by atoms with Gasteiger partial charge in [0.15, 0.2) is 0 Å². The van der Waals surface area contributed by atoms with Crippen LogP contribution in [0.15, 0.2) is 72.9 Å². The first-order valence-electron chi connectivity index (χ1n) is 9.27. The molecule has 1 amide bonds. The van der Waals surface area contributed by atoms with Gasteiger partial charge in [-0.1, -0.05) is 48.5 Å². The minimum Gasteiger partial charge on any atom is -0.358 e. The molecule has 1 aromatic heterocycles. The van der Waals surface area contributed by atoms with Crippen LogP contribution in [0.3, 0.4) is 0 Å². The molecule has 0 spiro atoms. The minimum atomic E-state index is -0.436. The molecule has 1 aliphatic carbocycles. The average Bonchev–Trinajstić information content (AvgIpc) is 3.55. The maximum Gasteiger partial charge on any atom is 0.247 e. The van der Waals surface area contributed by atoms with Crippen molar-refractivity contribution in [2.45, 2.75) is 31.2 Å². The van der Waals surface area contributed by atoms with Gasteiger partial charge < -0.3 is 10.6 Å². The summed E-state index contributed by atoms with van der Waals surface area (Å²) in [5.41, 5.74) is 1.87. The Morgan fingerprint density at radius 1 is 1.00 bits per heavy atom. The molecule has 0 radical (unpaired) electrons. The lowest BCUT2D eigenvalue weighted by Crippen LogP contribution is -2.37. The summed E-state index contributed by atoms with van der Waals surface area (Å²) in [6, 6.07) is 20.9. The van der Waals surface area contributed by atoms with E-state index < -0.39 is 6.04 Å². The van der Waals surface area contributed by atoms with Crippen molar-refractivity contribution in [3.8, 4) is 0 Å². The molecular weight excluding hydrogens is 336 g/mol. The van der Waals surface area contributed by atoms with Gasteiger partial charge in [0, 0.05) is 24.2 Å². The maximum absolute atomic E-state index is 12.9. The van der Waals surface area contributed by atoms with E-state index in [4.69, 9.17) is 0 Å². The molecule has 2 N–H and O–H groups in total. The SMILES string of the molecule is O=C(Nc1ccccc1)[C@@H](Cc1ccccc1)Nc1ccnc(C2CC2)n1. The van der Waals surface area contributed by atoms with Crippen molar-refractivity contribution in [3.63, 3.8) is 0 Å². The van der Waals surface area contributed by atoms with Crippen molar-refractivity contribution in [2.75, 3.05) is 10.6 Å². The first-order valence-corrected chi connectivity index (χ1v) is 9.27. The van der Waals surface area contributed by atoms with E-state index in [1.165, 1.54) is 0 Å². The number of hydrogen-bond acceptors (Lipinski definition) is 4. The highest BCUT2D eigenvalue weighted by atomic mass is 16.2. The summed E-state index contributed by atoms with van der Waals surface area (Å²) in [5, 5.41) is 6.29. The molecule has 0 bridgehead atoms. The van der Waals surface area contributed by atoms with Crippen LogP contribution in [0.5, 0.6) is 0 Å². The van der Waals surface area contributed by atoms with Crippen LogP contribution in [-0.2, 0) is 11.2 Å². The van der Waals surface area contributed by atoms with Gasteiger partial charge in [-0.05, 0) is 36.6 Å².